The lowest BCUT2D eigenvalue weighted by Crippen LogP contribution is -2.27. The first-order valence-corrected chi connectivity index (χ1v) is 9.32. The van der Waals surface area contributed by atoms with Crippen LogP contribution in [0.1, 0.15) is 18.7 Å². The first-order valence-electron chi connectivity index (χ1n) is 9.32. The first-order chi connectivity index (χ1) is 14.0. The van der Waals surface area contributed by atoms with E-state index in [0.717, 1.165) is 33.5 Å². The number of para-hydroxylation sites is 2. The highest BCUT2D eigenvalue weighted by Crippen LogP contribution is 2.27. The van der Waals surface area contributed by atoms with Crippen molar-refractivity contribution in [2.24, 2.45) is 0 Å². The largest absolute Gasteiger partial charge is 0.481 e. The summed E-state index contributed by atoms with van der Waals surface area (Å²) < 4.78 is 7.85. The van der Waals surface area contributed by atoms with Crippen molar-refractivity contribution < 1.29 is 19.1 Å². The summed E-state index contributed by atoms with van der Waals surface area (Å²) in [5.41, 5.74) is 4.16. The van der Waals surface area contributed by atoms with Crippen LogP contribution in [0.25, 0.3) is 33.6 Å². The van der Waals surface area contributed by atoms with Crippen LogP contribution in [0, 0.1) is 6.92 Å². The van der Waals surface area contributed by atoms with E-state index in [1.165, 1.54) is 0 Å². The number of benzene rings is 2. The number of hydrogen-bond acceptors (Lipinski definition) is 5. The lowest BCUT2D eigenvalue weighted by molar-refractivity contribution is -0.138. The van der Waals surface area contributed by atoms with Crippen molar-refractivity contribution >= 4 is 34.0 Å². The van der Waals surface area contributed by atoms with Gasteiger partial charge in [0, 0.05) is 25.1 Å². The van der Waals surface area contributed by atoms with Crippen LogP contribution in [0.15, 0.2) is 46.9 Å². The fourth-order valence-electron chi connectivity index (χ4n) is 3.28. The lowest BCUT2D eigenvalue weighted by atomic mass is 10.2. The molecule has 0 saturated heterocycles. The van der Waals surface area contributed by atoms with E-state index < -0.39 is 5.97 Å². The Hall–Kier alpha value is -3.68. The second kappa shape index (κ2) is 7.75. The molecule has 2 aromatic carbocycles. The van der Waals surface area contributed by atoms with Gasteiger partial charge in [-0.3, -0.25) is 9.59 Å². The van der Waals surface area contributed by atoms with Crippen LogP contribution < -0.4 is 5.32 Å². The van der Waals surface area contributed by atoms with Crippen LogP contribution >= 0.6 is 0 Å². The van der Waals surface area contributed by atoms with Gasteiger partial charge in [0.15, 0.2) is 5.58 Å². The number of nitrogens with one attached hydrogen (secondary N) is 1. The maximum Gasteiger partial charge on any atom is 0.303 e. The lowest BCUT2D eigenvalue weighted by Gasteiger charge is -2.08. The minimum atomic E-state index is -0.980. The number of carbonyl (C=O) groups is 2. The number of nitrogens with zero attached hydrogens (tertiary/aromatic N) is 3. The van der Waals surface area contributed by atoms with Gasteiger partial charge < -0.3 is 19.4 Å². The first kappa shape index (κ1) is 18.7. The molecule has 4 aromatic rings. The number of carboxylic acid groups (broad SMARTS) is 1. The Kier molecular flexibility index (Phi) is 4.99. The van der Waals surface area contributed by atoms with Gasteiger partial charge in [0.05, 0.1) is 17.5 Å². The number of oxazole rings is 1. The number of carbonyl (C=O) groups excluding carboxylic acids is 1. The van der Waals surface area contributed by atoms with E-state index in [9.17, 15) is 9.59 Å². The average molecular weight is 392 g/mol. The van der Waals surface area contributed by atoms with Crippen LogP contribution in [0.5, 0.6) is 0 Å². The molecule has 2 heterocycles. The third kappa shape index (κ3) is 3.96. The molecule has 0 aliphatic carbocycles. The van der Waals surface area contributed by atoms with Crippen molar-refractivity contribution in [3.63, 3.8) is 0 Å². The highest BCUT2D eigenvalue weighted by molar-refractivity contribution is 5.83. The molecule has 0 bridgehead atoms. The highest BCUT2D eigenvalue weighted by Gasteiger charge is 2.13. The van der Waals surface area contributed by atoms with E-state index in [1.54, 1.807) is 0 Å². The molecular formula is C21H20N4O4. The van der Waals surface area contributed by atoms with Gasteiger partial charge in [-0.1, -0.05) is 12.1 Å². The van der Waals surface area contributed by atoms with Gasteiger partial charge in [-0.05, 0) is 37.3 Å². The zero-order chi connectivity index (χ0) is 20.4. The monoisotopic (exact) mass is 392 g/mol. The molecule has 0 saturated carbocycles. The summed E-state index contributed by atoms with van der Waals surface area (Å²) >= 11 is 0. The predicted octanol–water partition coefficient (Wildman–Crippen LogP) is 3.13. The topological polar surface area (TPSA) is 110 Å². The molecule has 4 rings (SSSR count). The quantitative estimate of drug-likeness (QED) is 0.500. The Balaban J connectivity index is 1.51. The van der Waals surface area contributed by atoms with Gasteiger partial charge in [0.25, 0.3) is 0 Å². The molecule has 29 heavy (non-hydrogen) atoms. The van der Waals surface area contributed by atoms with Gasteiger partial charge in [-0.25, -0.2) is 9.97 Å². The van der Waals surface area contributed by atoms with E-state index in [1.807, 2.05) is 54.0 Å². The Morgan fingerprint density at radius 1 is 1.10 bits per heavy atom. The molecule has 2 aromatic heterocycles. The molecule has 8 nitrogen and oxygen atoms in total. The third-order valence-electron chi connectivity index (χ3n) is 4.70. The zero-order valence-electron chi connectivity index (χ0n) is 15.9. The summed E-state index contributed by atoms with van der Waals surface area (Å²) in [7, 11) is 0. The number of amides is 1. The van der Waals surface area contributed by atoms with E-state index in [-0.39, 0.29) is 18.7 Å². The number of imidazole rings is 1. The second-order valence-electron chi connectivity index (χ2n) is 6.74. The molecule has 0 radical (unpaired) electrons. The highest BCUT2D eigenvalue weighted by atomic mass is 16.4. The second-order valence-corrected chi connectivity index (χ2v) is 6.74. The zero-order valence-corrected chi connectivity index (χ0v) is 15.9. The molecular weight excluding hydrogens is 372 g/mol. The molecule has 2 N–H and O–H groups in total. The van der Waals surface area contributed by atoms with Crippen LogP contribution in [-0.4, -0.2) is 38.1 Å². The van der Waals surface area contributed by atoms with Crippen molar-refractivity contribution in [1.82, 2.24) is 19.9 Å². The van der Waals surface area contributed by atoms with E-state index >= 15 is 0 Å². The Labute approximate surface area is 166 Å². The fourth-order valence-corrected chi connectivity index (χ4v) is 3.28. The van der Waals surface area contributed by atoms with Crippen molar-refractivity contribution in [2.75, 3.05) is 6.54 Å². The standard InChI is InChI=1S/C21H20N4O4/c1-13-23-16-12-14(21-24-15-4-2-3-5-18(15)29-21)6-7-17(16)25(13)11-10-22-19(26)8-9-20(27)28/h2-7,12H,8-11H2,1H3,(H,22,26)(H,27,28). The normalized spacial score (nSPS) is 11.2. The number of aliphatic carboxylic acids is 1. The van der Waals surface area contributed by atoms with Crippen LogP contribution in [-0.2, 0) is 16.1 Å². The van der Waals surface area contributed by atoms with Gasteiger partial charge in [-0.2, -0.15) is 0 Å². The maximum absolute atomic E-state index is 11.7. The Morgan fingerprint density at radius 3 is 2.72 bits per heavy atom. The van der Waals surface area contributed by atoms with Gasteiger partial charge >= 0.3 is 5.97 Å². The van der Waals surface area contributed by atoms with Crippen molar-refractivity contribution in [3.8, 4) is 11.5 Å². The van der Waals surface area contributed by atoms with E-state index in [4.69, 9.17) is 9.52 Å². The van der Waals surface area contributed by atoms with Crippen LogP contribution in [0.3, 0.4) is 0 Å². The van der Waals surface area contributed by atoms with Crippen molar-refractivity contribution in [1.29, 1.82) is 0 Å². The number of fused-ring (bicyclic) bond motifs is 2. The molecule has 8 heteroatoms. The molecule has 0 fully saturated rings. The number of aromatic nitrogens is 3. The summed E-state index contributed by atoms with van der Waals surface area (Å²) in [6.45, 7) is 2.85. The molecule has 148 valence electrons. The Morgan fingerprint density at radius 2 is 1.93 bits per heavy atom. The van der Waals surface area contributed by atoms with E-state index in [0.29, 0.717) is 19.0 Å². The number of rotatable bonds is 7. The molecule has 0 unspecified atom stereocenters. The smallest absolute Gasteiger partial charge is 0.303 e. The molecule has 0 aliphatic heterocycles. The molecule has 0 spiro atoms. The Bertz CT molecular complexity index is 1180. The minimum Gasteiger partial charge on any atom is -0.481 e. The SMILES string of the molecule is Cc1nc2cc(-c3nc4ccccc4o3)ccc2n1CCNC(=O)CCC(=O)O. The summed E-state index contributed by atoms with van der Waals surface area (Å²) in [6, 6.07) is 13.5. The van der Waals surface area contributed by atoms with Crippen LogP contribution in [0.4, 0.5) is 0 Å². The molecule has 1 amide bonds. The van der Waals surface area contributed by atoms with Crippen molar-refractivity contribution in [2.45, 2.75) is 26.3 Å². The van der Waals surface area contributed by atoms with Crippen LogP contribution in [0.2, 0.25) is 0 Å². The maximum atomic E-state index is 11.7. The molecule has 0 aliphatic rings. The van der Waals surface area contributed by atoms with Gasteiger partial charge in [0.1, 0.15) is 11.3 Å². The number of hydrogen-bond donors (Lipinski definition) is 2. The fraction of sp³-hybridized carbons (Fsp3) is 0.238. The predicted molar refractivity (Wildman–Crippen MR) is 107 cm³/mol. The summed E-state index contributed by atoms with van der Waals surface area (Å²) in [6.07, 6.45) is -0.190. The third-order valence-corrected chi connectivity index (χ3v) is 4.70. The summed E-state index contributed by atoms with van der Waals surface area (Å²) in [5, 5.41) is 11.4. The minimum absolute atomic E-state index is 0.0210. The molecule has 0 atom stereocenters. The number of carboxylic acids is 1. The van der Waals surface area contributed by atoms with Crippen molar-refractivity contribution in [3.05, 3.63) is 48.3 Å². The number of aryl methyl sites for hydroxylation is 1. The van der Waals surface area contributed by atoms with E-state index in [2.05, 4.69) is 15.3 Å². The summed E-state index contributed by atoms with van der Waals surface area (Å²) in [5.74, 6) is 0.125. The van der Waals surface area contributed by atoms with Gasteiger partial charge in [0.2, 0.25) is 11.8 Å². The average Bonchev–Trinajstić information content (AvgIpc) is 3.27. The van der Waals surface area contributed by atoms with Gasteiger partial charge in [-0.15, -0.1) is 0 Å². The summed E-state index contributed by atoms with van der Waals surface area (Å²) in [4.78, 5) is 31.4.